The lowest BCUT2D eigenvalue weighted by atomic mass is 10.3. The first-order chi connectivity index (χ1) is 9.59. The van der Waals surface area contributed by atoms with Crippen LogP contribution in [0.1, 0.15) is 0 Å². The number of benzene rings is 2. The van der Waals surface area contributed by atoms with Gasteiger partial charge in [-0.3, -0.25) is 10.1 Å². The van der Waals surface area contributed by atoms with Crippen LogP contribution in [0.15, 0.2) is 58.3 Å². The van der Waals surface area contributed by atoms with E-state index in [1.807, 2.05) is 0 Å². The third-order valence-electron chi connectivity index (χ3n) is 2.80. The highest BCUT2D eigenvalue weighted by Gasteiger charge is 2.34. The van der Waals surface area contributed by atoms with Crippen molar-refractivity contribution in [3.8, 4) is 0 Å². The van der Waals surface area contributed by atoms with Crippen LogP contribution in [0.3, 0.4) is 0 Å². The molecule has 0 saturated carbocycles. The number of rotatable bonds is 2. The zero-order chi connectivity index (χ0) is 14.3. The number of anilines is 1. The van der Waals surface area contributed by atoms with Gasteiger partial charge < -0.3 is 0 Å². The van der Waals surface area contributed by atoms with Gasteiger partial charge in [0.05, 0.1) is 20.4 Å². The monoisotopic (exact) mass is 308 g/mol. The summed E-state index contributed by atoms with van der Waals surface area (Å²) >= 11 is 0. The maximum absolute atomic E-state index is 12.3. The van der Waals surface area contributed by atoms with Crippen LogP contribution in [0.2, 0.25) is 0 Å². The fourth-order valence-corrected chi connectivity index (χ4v) is 5.12. The number of fused-ring (bicyclic) bond motifs is 1. The van der Waals surface area contributed by atoms with Crippen LogP contribution >= 0.6 is 0 Å². The Labute approximate surface area is 119 Å². The molecule has 1 aliphatic heterocycles. The number of hydrogen-bond acceptors (Lipinski definition) is 4. The Balaban J connectivity index is 2.02. The lowest BCUT2D eigenvalue weighted by molar-refractivity contribution is -0.384. The van der Waals surface area contributed by atoms with Crippen molar-refractivity contribution >= 4 is 33.3 Å². The van der Waals surface area contributed by atoms with E-state index < -0.39 is 26.9 Å². The molecule has 1 aliphatic rings. The molecule has 0 radical (unpaired) electrons. The average Bonchev–Trinajstić information content (AvgIpc) is 2.72. The molecule has 102 valence electrons. The Morgan fingerprint density at radius 3 is 1.85 bits per heavy atom. The minimum atomic E-state index is -1.57. The Kier molecular flexibility index (Phi) is 3.11. The fraction of sp³-hybridized carbons (Fsp3) is 0. The molecule has 0 amide bonds. The normalized spacial score (nSPS) is 20.7. The van der Waals surface area contributed by atoms with Crippen molar-refractivity contribution in [3.05, 3.63) is 58.6 Å². The zero-order valence-corrected chi connectivity index (χ0v) is 11.6. The summed E-state index contributed by atoms with van der Waals surface area (Å²) in [5, 5.41) is 10.6. The lowest BCUT2D eigenvalue weighted by Crippen LogP contribution is -2.20. The van der Waals surface area contributed by atoms with Gasteiger partial charge in [0.15, 0.2) is 22.0 Å². The fourth-order valence-electron chi connectivity index (χ4n) is 1.87. The summed E-state index contributed by atoms with van der Waals surface area (Å²) in [6.45, 7) is 0. The van der Waals surface area contributed by atoms with Gasteiger partial charge in [0.2, 0.25) is 0 Å². The molecule has 1 heterocycles. The van der Waals surface area contributed by atoms with Gasteiger partial charge >= 0.3 is 0 Å². The minimum Gasteiger partial charge on any atom is -0.258 e. The quantitative estimate of drug-likeness (QED) is 0.629. The molecule has 0 aliphatic carbocycles. The summed E-state index contributed by atoms with van der Waals surface area (Å²) in [5.41, 5.74) is 0.352. The van der Waals surface area contributed by atoms with Crippen molar-refractivity contribution < 1.29 is 13.3 Å². The first-order valence-electron chi connectivity index (χ1n) is 5.57. The van der Waals surface area contributed by atoms with Crippen molar-refractivity contribution in [2.24, 2.45) is 0 Å². The molecular formula is C12H8N2O4S2. The maximum Gasteiger partial charge on any atom is 0.269 e. The van der Waals surface area contributed by atoms with E-state index in [1.165, 1.54) is 28.0 Å². The molecule has 0 N–H and O–H groups in total. The standard InChI is InChI=1S/C12H8N2O4S2/c15-13(16)9-5-7-10(8-6-9)14-19(17)11-3-1-2-4-12(11)20(14)18/h1-8H. The predicted molar refractivity (Wildman–Crippen MR) is 74.8 cm³/mol. The van der Waals surface area contributed by atoms with Crippen molar-refractivity contribution in [1.82, 2.24) is 0 Å². The predicted octanol–water partition coefficient (Wildman–Crippen LogP) is 2.16. The third kappa shape index (κ3) is 1.93. The van der Waals surface area contributed by atoms with E-state index in [1.54, 1.807) is 24.3 Å². The second kappa shape index (κ2) is 4.80. The van der Waals surface area contributed by atoms with E-state index in [0.29, 0.717) is 15.5 Å². The van der Waals surface area contributed by atoms with E-state index in [2.05, 4.69) is 0 Å². The van der Waals surface area contributed by atoms with E-state index in [0.717, 1.165) is 0 Å². The molecule has 6 nitrogen and oxygen atoms in total. The third-order valence-corrected chi connectivity index (χ3v) is 6.23. The molecule has 0 bridgehead atoms. The van der Waals surface area contributed by atoms with Crippen molar-refractivity contribution in [2.45, 2.75) is 9.79 Å². The lowest BCUT2D eigenvalue weighted by Gasteiger charge is -2.13. The van der Waals surface area contributed by atoms with Crippen LogP contribution in [-0.2, 0) is 22.0 Å². The summed E-state index contributed by atoms with van der Waals surface area (Å²) in [6, 6.07) is 12.3. The van der Waals surface area contributed by atoms with Crippen LogP contribution in [-0.4, -0.2) is 13.3 Å². The highest BCUT2D eigenvalue weighted by molar-refractivity contribution is 8.06. The molecule has 2 aromatic rings. The summed E-state index contributed by atoms with van der Waals surface area (Å²) in [7, 11) is -3.14. The largest absolute Gasteiger partial charge is 0.269 e. The van der Waals surface area contributed by atoms with E-state index in [-0.39, 0.29) is 5.69 Å². The smallest absolute Gasteiger partial charge is 0.258 e. The molecule has 0 aromatic heterocycles. The number of nitro groups is 1. The molecule has 3 rings (SSSR count). The molecule has 0 fully saturated rings. The van der Waals surface area contributed by atoms with Gasteiger partial charge in [0.1, 0.15) is 0 Å². The van der Waals surface area contributed by atoms with Crippen LogP contribution in [0.25, 0.3) is 0 Å². The van der Waals surface area contributed by atoms with E-state index >= 15 is 0 Å². The van der Waals surface area contributed by atoms with Gasteiger partial charge in [-0.05, 0) is 24.3 Å². The maximum atomic E-state index is 12.3. The van der Waals surface area contributed by atoms with Crippen molar-refractivity contribution in [1.29, 1.82) is 0 Å². The van der Waals surface area contributed by atoms with Gasteiger partial charge in [-0.1, -0.05) is 12.1 Å². The minimum absolute atomic E-state index is 0.0676. The van der Waals surface area contributed by atoms with E-state index in [4.69, 9.17) is 0 Å². The van der Waals surface area contributed by atoms with Crippen molar-refractivity contribution in [3.63, 3.8) is 0 Å². The van der Waals surface area contributed by atoms with Crippen LogP contribution < -0.4 is 3.71 Å². The zero-order valence-electron chi connectivity index (χ0n) is 9.96. The Hall–Kier alpha value is -2.06. The van der Waals surface area contributed by atoms with Gasteiger partial charge in [0, 0.05) is 12.1 Å². The molecular weight excluding hydrogens is 300 g/mol. The summed E-state index contributed by atoms with van der Waals surface area (Å²) in [4.78, 5) is 11.1. The number of non-ortho nitro benzene ring substituents is 1. The summed E-state index contributed by atoms with van der Waals surface area (Å²) in [5.74, 6) is 0. The molecule has 0 saturated heterocycles. The highest BCUT2D eigenvalue weighted by atomic mass is 32.3. The number of nitro benzene ring substituents is 1. The first kappa shape index (κ1) is 12.9. The summed E-state index contributed by atoms with van der Waals surface area (Å²) < 4.78 is 25.9. The second-order valence-corrected chi connectivity index (χ2v) is 6.81. The summed E-state index contributed by atoms with van der Waals surface area (Å²) in [6.07, 6.45) is 0. The van der Waals surface area contributed by atoms with E-state index in [9.17, 15) is 18.5 Å². The molecule has 2 atom stereocenters. The number of hydrogen-bond donors (Lipinski definition) is 0. The molecule has 0 spiro atoms. The molecule has 8 heteroatoms. The molecule has 20 heavy (non-hydrogen) atoms. The number of nitrogens with zero attached hydrogens (tertiary/aromatic N) is 2. The van der Waals surface area contributed by atoms with Crippen molar-refractivity contribution in [2.75, 3.05) is 3.71 Å². The molecule has 2 aromatic carbocycles. The topological polar surface area (TPSA) is 80.5 Å². The Morgan fingerprint density at radius 2 is 1.40 bits per heavy atom. The van der Waals surface area contributed by atoms with Gasteiger partial charge in [-0.25, -0.2) is 8.42 Å². The first-order valence-corrected chi connectivity index (χ1v) is 7.78. The van der Waals surface area contributed by atoms with Crippen LogP contribution in [0.4, 0.5) is 11.4 Å². The second-order valence-electron chi connectivity index (χ2n) is 3.98. The SMILES string of the molecule is O=[N+]([O-])c1ccc(N2S(=O)c3ccccc3S2=O)cc1. The Morgan fingerprint density at radius 1 is 0.900 bits per heavy atom. The van der Waals surface area contributed by atoms with Gasteiger partial charge in [-0.2, -0.15) is 3.71 Å². The highest BCUT2D eigenvalue weighted by Crippen LogP contribution is 2.35. The Bertz CT molecular complexity index is 710. The van der Waals surface area contributed by atoms with Crippen LogP contribution in [0, 0.1) is 10.1 Å². The molecule has 2 unspecified atom stereocenters. The van der Waals surface area contributed by atoms with Crippen LogP contribution in [0.5, 0.6) is 0 Å². The van der Waals surface area contributed by atoms with Gasteiger partial charge in [-0.15, -0.1) is 0 Å². The van der Waals surface area contributed by atoms with Gasteiger partial charge in [0.25, 0.3) is 5.69 Å². The average molecular weight is 308 g/mol.